The van der Waals surface area contributed by atoms with Crippen molar-refractivity contribution in [3.8, 4) is 0 Å². The van der Waals surface area contributed by atoms with E-state index in [0.717, 1.165) is 5.56 Å². The molecular weight excluding hydrogens is 414 g/mol. The second-order valence-corrected chi connectivity index (χ2v) is 8.53. The smallest absolute Gasteiger partial charge is 0.253 e. The molecule has 2 aliphatic heterocycles. The topological polar surface area (TPSA) is 69.7 Å². The van der Waals surface area contributed by atoms with Crippen molar-refractivity contribution in [1.29, 1.82) is 0 Å². The third-order valence-corrected chi connectivity index (χ3v) is 6.36. The molecule has 31 heavy (non-hydrogen) atoms. The molecule has 0 saturated carbocycles. The van der Waals surface area contributed by atoms with Crippen molar-refractivity contribution < 1.29 is 14.4 Å². The number of likely N-dealkylation sites (tertiary alicyclic amines) is 2. The van der Waals surface area contributed by atoms with Crippen molar-refractivity contribution >= 4 is 29.3 Å². The Morgan fingerprint density at radius 1 is 0.968 bits per heavy atom. The van der Waals surface area contributed by atoms with Crippen LogP contribution in [0.4, 0.5) is 0 Å². The fourth-order valence-corrected chi connectivity index (χ4v) is 4.57. The summed E-state index contributed by atoms with van der Waals surface area (Å²) in [6.45, 7) is 1.58. The van der Waals surface area contributed by atoms with E-state index in [-0.39, 0.29) is 23.8 Å². The van der Waals surface area contributed by atoms with Crippen LogP contribution < -0.4 is 5.32 Å². The Kier molecular flexibility index (Phi) is 6.56. The molecule has 0 aromatic heterocycles. The van der Waals surface area contributed by atoms with Gasteiger partial charge in [-0.15, -0.1) is 0 Å². The molecule has 3 amide bonds. The molecule has 0 spiro atoms. The number of nitrogens with zero attached hydrogens (tertiary/aromatic N) is 2. The Bertz CT molecular complexity index is 940. The number of benzene rings is 2. The average molecular weight is 440 g/mol. The summed E-state index contributed by atoms with van der Waals surface area (Å²) >= 11 is 5.91. The number of carbonyl (C=O) groups is 3. The fraction of sp³-hybridized carbons (Fsp3) is 0.375. The van der Waals surface area contributed by atoms with Gasteiger partial charge >= 0.3 is 0 Å². The number of piperidine rings is 1. The van der Waals surface area contributed by atoms with Gasteiger partial charge in [0.1, 0.15) is 6.04 Å². The Morgan fingerprint density at radius 2 is 1.65 bits per heavy atom. The predicted octanol–water partition coefficient (Wildman–Crippen LogP) is 3.25. The molecule has 6 nitrogen and oxygen atoms in total. The van der Waals surface area contributed by atoms with Crippen LogP contribution in [0.1, 0.15) is 41.6 Å². The fourth-order valence-electron chi connectivity index (χ4n) is 4.44. The zero-order valence-electron chi connectivity index (χ0n) is 17.3. The van der Waals surface area contributed by atoms with E-state index in [9.17, 15) is 14.4 Å². The minimum Gasteiger partial charge on any atom is -0.350 e. The van der Waals surface area contributed by atoms with Gasteiger partial charge in [0, 0.05) is 42.7 Å². The third-order valence-electron chi connectivity index (χ3n) is 6.10. The van der Waals surface area contributed by atoms with E-state index in [4.69, 9.17) is 11.6 Å². The molecule has 2 fully saturated rings. The van der Waals surface area contributed by atoms with Crippen LogP contribution in [0.15, 0.2) is 54.6 Å². The zero-order chi connectivity index (χ0) is 21.8. The Morgan fingerprint density at radius 3 is 2.32 bits per heavy atom. The number of halogens is 1. The van der Waals surface area contributed by atoms with Crippen molar-refractivity contribution in [3.63, 3.8) is 0 Å². The molecule has 0 aliphatic carbocycles. The van der Waals surface area contributed by atoms with Gasteiger partial charge in [0.05, 0.1) is 0 Å². The van der Waals surface area contributed by atoms with Crippen LogP contribution in [-0.4, -0.2) is 52.7 Å². The summed E-state index contributed by atoms with van der Waals surface area (Å²) in [6.07, 6.45) is 2.29. The van der Waals surface area contributed by atoms with Crippen LogP contribution in [0, 0.1) is 0 Å². The third kappa shape index (κ3) is 4.90. The molecule has 2 saturated heterocycles. The number of amides is 3. The minimum atomic E-state index is -0.431. The van der Waals surface area contributed by atoms with Gasteiger partial charge in [-0.1, -0.05) is 41.9 Å². The Hall–Kier alpha value is -2.86. The minimum absolute atomic E-state index is 0.0169. The van der Waals surface area contributed by atoms with Crippen molar-refractivity contribution in [1.82, 2.24) is 15.1 Å². The Labute approximate surface area is 187 Å². The first kappa shape index (κ1) is 21.4. The first-order valence-corrected chi connectivity index (χ1v) is 11.1. The highest BCUT2D eigenvalue weighted by Crippen LogP contribution is 2.28. The van der Waals surface area contributed by atoms with Crippen molar-refractivity contribution in [2.45, 2.75) is 44.3 Å². The summed E-state index contributed by atoms with van der Waals surface area (Å²) in [5.74, 6) is -0.100. The zero-order valence-corrected chi connectivity index (χ0v) is 18.1. The standard InChI is InChI=1S/C24H26ClN3O3/c25-19-8-6-18(7-9-19)24(31)27-14-12-20(13-15-27)28-21(10-11-22(28)29)23(30)26-16-17-4-2-1-3-5-17/h1-9,20-21H,10-16H2,(H,26,30). The molecule has 0 bridgehead atoms. The summed E-state index contributed by atoms with van der Waals surface area (Å²) in [5.41, 5.74) is 1.64. The summed E-state index contributed by atoms with van der Waals surface area (Å²) in [4.78, 5) is 41.7. The molecule has 0 radical (unpaired) electrons. The largest absolute Gasteiger partial charge is 0.350 e. The van der Waals surface area contributed by atoms with E-state index < -0.39 is 6.04 Å². The summed E-state index contributed by atoms with van der Waals surface area (Å²) in [5, 5.41) is 3.57. The van der Waals surface area contributed by atoms with E-state index in [1.54, 1.807) is 29.2 Å². The normalized spacial score (nSPS) is 19.5. The molecule has 1 atom stereocenters. The summed E-state index contributed by atoms with van der Waals surface area (Å²) in [7, 11) is 0. The van der Waals surface area contributed by atoms with Crippen LogP contribution in [0.2, 0.25) is 5.02 Å². The number of nitrogens with one attached hydrogen (secondary N) is 1. The number of hydrogen-bond acceptors (Lipinski definition) is 3. The molecule has 7 heteroatoms. The van der Waals surface area contributed by atoms with Crippen LogP contribution in [0.5, 0.6) is 0 Å². The van der Waals surface area contributed by atoms with E-state index >= 15 is 0 Å². The molecular formula is C24H26ClN3O3. The lowest BCUT2D eigenvalue weighted by Gasteiger charge is -2.39. The Balaban J connectivity index is 1.35. The molecule has 2 heterocycles. The highest BCUT2D eigenvalue weighted by molar-refractivity contribution is 6.30. The summed E-state index contributed by atoms with van der Waals surface area (Å²) in [6, 6.07) is 16.2. The summed E-state index contributed by atoms with van der Waals surface area (Å²) < 4.78 is 0. The van der Waals surface area contributed by atoms with E-state index in [1.165, 1.54) is 0 Å². The maximum atomic E-state index is 12.8. The number of carbonyl (C=O) groups excluding carboxylic acids is 3. The molecule has 1 N–H and O–H groups in total. The number of rotatable bonds is 5. The van der Waals surface area contributed by atoms with Crippen LogP contribution >= 0.6 is 11.6 Å². The molecule has 2 aromatic carbocycles. The SMILES string of the molecule is O=C(NCc1ccccc1)C1CCC(=O)N1C1CCN(C(=O)c2ccc(Cl)cc2)CC1. The van der Waals surface area contributed by atoms with Gasteiger partial charge < -0.3 is 15.1 Å². The monoisotopic (exact) mass is 439 g/mol. The van der Waals surface area contributed by atoms with Gasteiger partial charge in [0.15, 0.2) is 0 Å². The van der Waals surface area contributed by atoms with Crippen LogP contribution in [0.25, 0.3) is 0 Å². The van der Waals surface area contributed by atoms with Crippen molar-refractivity contribution in [2.75, 3.05) is 13.1 Å². The first-order valence-electron chi connectivity index (χ1n) is 10.7. The van der Waals surface area contributed by atoms with E-state index in [0.29, 0.717) is 55.9 Å². The maximum Gasteiger partial charge on any atom is 0.253 e. The van der Waals surface area contributed by atoms with Gasteiger partial charge in [0.25, 0.3) is 5.91 Å². The quantitative estimate of drug-likeness (QED) is 0.777. The van der Waals surface area contributed by atoms with Crippen molar-refractivity contribution in [3.05, 3.63) is 70.7 Å². The molecule has 4 rings (SSSR count). The van der Waals surface area contributed by atoms with Gasteiger partial charge in [-0.05, 0) is 49.1 Å². The molecule has 162 valence electrons. The first-order chi connectivity index (χ1) is 15.0. The lowest BCUT2D eigenvalue weighted by Crippen LogP contribution is -2.53. The molecule has 2 aliphatic rings. The van der Waals surface area contributed by atoms with Crippen molar-refractivity contribution in [2.24, 2.45) is 0 Å². The maximum absolute atomic E-state index is 12.8. The lowest BCUT2D eigenvalue weighted by atomic mass is 10.0. The highest BCUT2D eigenvalue weighted by atomic mass is 35.5. The van der Waals surface area contributed by atoms with Crippen LogP contribution in [-0.2, 0) is 16.1 Å². The second-order valence-electron chi connectivity index (χ2n) is 8.09. The average Bonchev–Trinajstić information content (AvgIpc) is 3.20. The highest BCUT2D eigenvalue weighted by Gasteiger charge is 2.41. The lowest BCUT2D eigenvalue weighted by molar-refractivity contribution is -0.138. The van der Waals surface area contributed by atoms with E-state index in [2.05, 4.69) is 5.32 Å². The van der Waals surface area contributed by atoms with Gasteiger partial charge in [-0.25, -0.2) is 0 Å². The van der Waals surface area contributed by atoms with Gasteiger partial charge in [-0.2, -0.15) is 0 Å². The molecule has 2 aromatic rings. The van der Waals surface area contributed by atoms with Crippen LogP contribution in [0.3, 0.4) is 0 Å². The van der Waals surface area contributed by atoms with E-state index in [1.807, 2.05) is 35.2 Å². The van der Waals surface area contributed by atoms with Gasteiger partial charge in [-0.3, -0.25) is 14.4 Å². The van der Waals surface area contributed by atoms with Gasteiger partial charge in [0.2, 0.25) is 11.8 Å². The predicted molar refractivity (Wildman–Crippen MR) is 119 cm³/mol. The second kappa shape index (κ2) is 9.52. The molecule has 1 unspecified atom stereocenters. The number of hydrogen-bond donors (Lipinski definition) is 1.